The molecule has 1 atom stereocenters. The molecule has 0 amide bonds. The summed E-state index contributed by atoms with van der Waals surface area (Å²) >= 11 is 5.84. The van der Waals surface area contributed by atoms with E-state index in [1.807, 2.05) is 24.3 Å². The number of nitrogens with zero attached hydrogens (tertiary/aromatic N) is 2. The lowest BCUT2D eigenvalue weighted by atomic mass is 10.1. The molecular formula is C15H22ClN3. The zero-order valence-corrected chi connectivity index (χ0v) is 12.5. The predicted molar refractivity (Wildman–Crippen MR) is 80.2 cm³/mol. The summed E-state index contributed by atoms with van der Waals surface area (Å²) in [5.74, 6) is 0. The third kappa shape index (κ3) is 5.61. The smallest absolute Gasteiger partial charge is 0.121 e. The molecule has 0 aromatic heterocycles. The van der Waals surface area contributed by atoms with Crippen LogP contribution < -0.4 is 5.32 Å². The highest BCUT2D eigenvalue weighted by Crippen LogP contribution is 2.15. The monoisotopic (exact) mass is 279 g/mol. The molecule has 104 valence electrons. The predicted octanol–water partition coefficient (Wildman–Crippen LogP) is 3.23. The highest BCUT2D eigenvalue weighted by atomic mass is 35.5. The van der Waals surface area contributed by atoms with Gasteiger partial charge in [0.15, 0.2) is 0 Å². The van der Waals surface area contributed by atoms with Gasteiger partial charge in [0.2, 0.25) is 0 Å². The zero-order valence-electron chi connectivity index (χ0n) is 11.7. The van der Waals surface area contributed by atoms with Crippen molar-refractivity contribution in [3.63, 3.8) is 0 Å². The molecule has 0 aliphatic heterocycles. The Morgan fingerprint density at radius 3 is 2.42 bits per heavy atom. The Kier molecular flexibility index (Phi) is 7.50. The first kappa shape index (κ1) is 16.0. The number of benzene rings is 1. The second kappa shape index (κ2) is 8.92. The minimum absolute atomic E-state index is 0.256. The Labute approximate surface area is 121 Å². The first-order valence-electron chi connectivity index (χ1n) is 6.82. The van der Waals surface area contributed by atoms with E-state index >= 15 is 0 Å². The largest absolute Gasteiger partial charge is 0.304 e. The Morgan fingerprint density at radius 2 is 1.89 bits per heavy atom. The van der Waals surface area contributed by atoms with E-state index in [9.17, 15) is 5.26 Å². The van der Waals surface area contributed by atoms with Crippen molar-refractivity contribution in [2.75, 3.05) is 26.2 Å². The van der Waals surface area contributed by atoms with Gasteiger partial charge in [-0.15, -0.1) is 0 Å². The van der Waals surface area contributed by atoms with Crippen LogP contribution in [0.15, 0.2) is 24.3 Å². The van der Waals surface area contributed by atoms with E-state index in [1.54, 1.807) is 0 Å². The number of hydrogen-bond donors (Lipinski definition) is 1. The van der Waals surface area contributed by atoms with Crippen LogP contribution in [0.25, 0.3) is 0 Å². The molecule has 0 bridgehead atoms. The molecule has 0 saturated heterocycles. The summed E-state index contributed by atoms with van der Waals surface area (Å²) in [4.78, 5) is 2.38. The highest BCUT2D eigenvalue weighted by Gasteiger charge is 2.09. The molecule has 1 unspecified atom stereocenters. The SMILES string of the molecule is CCN(CC)CCCNC(C#N)c1ccc(Cl)cc1. The lowest BCUT2D eigenvalue weighted by Gasteiger charge is -2.18. The van der Waals surface area contributed by atoms with Crippen molar-refractivity contribution >= 4 is 11.6 Å². The van der Waals surface area contributed by atoms with Gasteiger partial charge in [-0.25, -0.2) is 0 Å². The molecule has 1 aromatic rings. The van der Waals surface area contributed by atoms with Gasteiger partial charge in [-0.05, 0) is 50.3 Å². The summed E-state index contributed by atoms with van der Waals surface area (Å²) in [6.07, 6.45) is 1.05. The summed E-state index contributed by atoms with van der Waals surface area (Å²) in [5, 5.41) is 13.2. The third-order valence-corrected chi connectivity index (χ3v) is 3.48. The first-order chi connectivity index (χ1) is 9.21. The maximum atomic E-state index is 9.19. The second-order valence-corrected chi connectivity index (χ2v) is 4.88. The summed E-state index contributed by atoms with van der Waals surface area (Å²) in [6, 6.07) is 9.46. The topological polar surface area (TPSA) is 39.1 Å². The highest BCUT2D eigenvalue weighted by molar-refractivity contribution is 6.30. The van der Waals surface area contributed by atoms with Gasteiger partial charge in [0.1, 0.15) is 6.04 Å². The molecule has 3 nitrogen and oxygen atoms in total. The molecule has 19 heavy (non-hydrogen) atoms. The van der Waals surface area contributed by atoms with Crippen LogP contribution in [0.1, 0.15) is 31.9 Å². The summed E-state index contributed by atoms with van der Waals surface area (Å²) in [5.41, 5.74) is 0.967. The molecule has 0 saturated carbocycles. The Balaban J connectivity index is 2.38. The molecule has 0 radical (unpaired) electrons. The lowest BCUT2D eigenvalue weighted by molar-refractivity contribution is 0.297. The van der Waals surface area contributed by atoms with Crippen LogP contribution in [0, 0.1) is 11.3 Å². The first-order valence-corrected chi connectivity index (χ1v) is 7.19. The van der Waals surface area contributed by atoms with E-state index in [1.165, 1.54) is 0 Å². The van der Waals surface area contributed by atoms with Crippen molar-refractivity contribution in [1.82, 2.24) is 10.2 Å². The van der Waals surface area contributed by atoms with Crippen LogP contribution >= 0.6 is 11.6 Å². The molecule has 0 aliphatic rings. The van der Waals surface area contributed by atoms with Gasteiger partial charge < -0.3 is 4.90 Å². The summed E-state index contributed by atoms with van der Waals surface area (Å²) in [6.45, 7) is 8.41. The van der Waals surface area contributed by atoms with E-state index in [2.05, 4.69) is 30.1 Å². The molecule has 0 spiro atoms. The lowest BCUT2D eigenvalue weighted by Crippen LogP contribution is -2.28. The summed E-state index contributed by atoms with van der Waals surface area (Å²) < 4.78 is 0. The van der Waals surface area contributed by atoms with E-state index in [0.717, 1.165) is 38.2 Å². The van der Waals surface area contributed by atoms with E-state index in [4.69, 9.17) is 11.6 Å². The van der Waals surface area contributed by atoms with Gasteiger partial charge in [0.05, 0.1) is 6.07 Å². The standard InChI is InChI=1S/C15H22ClN3/c1-3-19(4-2)11-5-10-18-15(12-17)13-6-8-14(16)9-7-13/h6-9,15,18H,3-5,10-11H2,1-2H3. The number of nitriles is 1. The second-order valence-electron chi connectivity index (χ2n) is 4.45. The average Bonchev–Trinajstić information content (AvgIpc) is 2.44. The average molecular weight is 280 g/mol. The third-order valence-electron chi connectivity index (χ3n) is 3.23. The maximum Gasteiger partial charge on any atom is 0.121 e. The van der Waals surface area contributed by atoms with Crippen molar-refractivity contribution in [2.24, 2.45) is 0 Å². The van der Waals surface area contributed by atoms with Crippen LogP contribution in [0.4, 0.5) is 0 Å². The number of rotatable bonds is 8. The number of halogens is 1. The molecule has 1 aromatic carbocycles. The molecule has 0 heterocycles. The van der Waals surface area contributed by atoms with Crippen LogP contribution in [0.5, 0.6) is 0 Å². The molecule has 1 rings (SSSR count). The van der Waals surface area contributed by atoms with Crippen LogP contribution in [0.3, 0.4) is 0 Å². The van der Waals surface area contributed by atoms with Crippen LogP contribution in [-0.4, -0.2) is 31.1 Å². The number of nitrogens with one attached hydrogen (secondary N) is 1. The fourth-order valence-corrected chi connectivity index (χ4v) is 2.11. The van der Waals surface area contributed by atoms with Crippen molar-refractivity contribution in [1.29, 1.82) is 5.26 Å². The Bertz CT molecular complexity index is 393. The van der Waals surface area contributed by atoms with Crippen molar-refractivity contribution in [2.45, 2.75) is 26.3 Å². The van der Waals surface area contributed by atoms with E-state index in [0.29, 0.717) is 5.02 Å². The Hall–Kier alpha value is -1.08. The minimum Gasteiger partial charge on any atom is -0.304 e. The van der Waals surface area contributed by atoms with Crippen molar-refractivity contribution < 1.29 is 0 Å². The molecule has 0 fully saturated rings. The molecule has 1 N–H and O–H groups in total. The van der Waals surface area contributed by atoms with Crippen molar-refractivity contribution in [3.05, 3.63) is 34.9 Å². The van der Waals surface area contributed by atoms with Crippen LogP contribution in [0.2, 0.25) is 5.02 Å². The van der Waals surface area contributed by atoms with E-state index in [-0.39, 0.29) is 6.04 Å². The quantitative estimate of drug-likeness (QED) is 0.743. The van der Waals surface area contributed by atoms with Gasteiger partial charge in [-0.3, -0.25) is 5.32 Å². The number of hydrogen-bond acceptors (Lipinski definition) is 3. The fourth-order valence-electron chi connectivity index (χ4n) is 1.98. The fraction of sp³-hybridized carbons (Fsp3) is 0.533. The Morgan fingerprint density at radius 1 is 1.26 bits per heavy atom. The van der Waals surface area contributed by atoms with Gasteiger partial charge in [0, 0.05) is 5.02 Å². The van der Waals surface area contributed by atoms with E-state index < -0.39 is 0 Å². The van der Waals surface area contributed by atoms with Crippen molar-refractivity contribution in [3.8, 4) is 6.07 Å². The maximum absolute atomic E-state index is 9.19. The summed E-state index contributed by atoms with van der Waals surface area (Å²) in [7, 11) is 0. The van der Waals surface area contributed by atoms with Gasteiger partial charge >= 0.3 is 0 Å². The molecule has 4 heteroatoms. The molecular weight excluding hydrogens is 258 g/mol. The zero-order chi connectivity index (χ0) is 14.1. The minimum atomic E-state index is -0.256. The van der Waals surface area contributed by atoms with Gasteiger partial charge in [-0.1, -0.05) is 37.6 Å². The van der Waals surface area contributed by atoms with Crippen LogP contribution in [-0.2, 0) is 0 Å². The van der Waals surface area contributed by atoms with Gasteiger partial charge in [-0.2, -0.15) is 5.26 Å². The van der Waals surface area contributed by atoms with Gasteiger partial charge in [0.25, 0.3) is 0 Å². The molecule has 0 aliphatic carbocycles. The normalized spacial score (nSPS) is 12.4.